The van der Waals surface area contributed by atoms with Crippen molar-refractivity contribution in [2.75, 3.05) is 0 Å². The monoisotopic (exact) mass is 283 g/mol. The van der Waals surface area contributed by atoms with E-state index in [4.69, 9.17) is 4.74 Å². The van der Waals surface area contributed by atoms with Gasteiger partial charge in [0.1, 0.15) is 6.61 Å². The van der Waals surface area contributed by atoms with E-state index in [1.807, 2.05) is 30.5 Å². The standard InChI is InChI=1S/C11H10BrNOS/c1-8-5-10(12)11(13-6-8)14-7-9-3-2-4-15-9/h2-6H,7H2,1H3. The Balaban J connectivity index is 2.05. The first-order valence-corrected chi connectivity index (χ1v) is 6.20. The Hall–Kier alpha value is -0.870. The van der Waals surface area contributed by atoms with Crippen LogP contribution in [0.15, 0.2) is 34.2 Å². The molecule has 2 aromatic rings. The molecule has 2 heterocycles. The molecule has 0 aliphatic rings. The van der Waals surface area contributed by atoms with Gasteiger partial charge in [0.25, 0.3) is 0 Å². The van der Waals surface area contributed by atoms with Crippen LogP contribution in [0.1, 0.15) is 10.4 Å². The molecule has 2 aromatic heterocycles. The fourth-order valence-corrected chi connectivity index (χ4v) is 2.36. The number of halogens is 1. The minimum Gasteiger partial charge on any atom is -0.471 e. The van der Waals surface area contributed by atoms with E-state index in [2.05, 4.69) is 20.9 Å². The summed E-state index contributed by atoms with van der Waals surface area (Å²) in [5, 5.41) is 2.04. The summed E-state index contributed by atoms with van der Waals surface area (Å²) in [6.07, 6.45) is 1.80. The van der Waals surface area contributed by atoms with E-state index in [0.29, 0.717) is 12.5 Å². The summed E-state index contributed by atoms with van der Waals surface area (Å²) in [6, 6.07) is 6.06. The number of thiophene rings is 1. The third-order valence-electron chi connectivity index (χ3n) is 1.88. The van der Waals surface area contributed by atoms with Gasteiger partial charge in [-0.2, -0.15) is 0 Å². The lowest BCUT2D eigenvalue weighted by Crippen LogP contribution is -1.96. The SMILES string of the molecule is Cc1cnc(OCc2cccs2)c(Br)c1. The molecule has 0 atom stereocenters. The molecule has 2 nitrogen and oxygen atoms in total. The second-order valence-corrected chi connectivity index (χ2v) is 5.05. The van der Waals surface area contributed by atoms with Gasteiger partial charge in [-0.3, -0.25) is 0 Å². The van der Waals surface area contributed by atoms with Crippen molar-refractivity contribution in [1.29, 1.82) is 0 Å². The Kier molecular flexibility index (Phi) is 3.38. The van der Waals surface area contributed by atoms with Crippen molar-refractivity contribution in [2.45, 2.75) is 13.5 Å². The molecule has 4 heteroatoms. The summed E-state index contributed by atoms with van der Waals surface area (Å²) in [7, 11) is 0. The first-order valence-electron chi connectivity index (χ1n) is 4.53. The van der Waals surface area contributed by atoms with E-state index in [9.17, 15) is 0 Å². The number of hydrogen-bond acceptors (Lipinski definition) is 3. The summed E-state index contributed by atoms with van der Waals surface area (Å²) >= 11 is 5.11. The maximum Gasteiger partial charge on any atom is 0.228 e. The Morgan fingerprint density at radius 2 is 2.40 bits per heavy atom. The molecule has 0 fully saturated rings. The second kappa shape index (κ2) is 4.77. The highest BCUT2D eigenvalue weighted by Crippen LogP contribution is 2.24. The number of nitrogens with zero attached hydrogens (tertiary/aromatic N) is 1. The molecule has 0 unspecified atom stereocenters. The zero-order valence-corrected chi connectivity index (χ0v) is 10.6. The second-order valence-electron chi connectivity index (χ2n) is 3.17. The van der Waals surface area contributed by atoms with Gasteiger partial charge in [-0.25, -0.2) is 4.98 Å². The van der Waals surface area contributed by atoms with Crippen LogP contribution in [-0.2, 0) is 6.61 Å². The molecule has 0 aliphatic heterocycles. The predicted molar refractivity (Wildman–Crippen MR) is 65.3 cm³/mol. The van der Waals surface area contributed by atoms with Gasteiger partial charge in [-0.15, -0.1) is 11.3 Å². The number of hydrogen-bond donors (Lipinski definition) is 0. The van der Waals surface area contributed by atoms with Crippen LogP contribution in [0.2, 0.25) is 0 Å². The molecule has 0 bridgehead atoms. The summed E-state index contributed by atoms with van der Waals surface area (Å²) in [6.45, 7) is 2.58. The Morgan fingerprint density at radius 1 is 1.53 bits per heavy atom. The number of aryl methyl sites for hydroxylation is 1. The zero-order valence-electron chi connectivity index (χ0n) is 8.24. The Labute approximate surface area is 101 Å². The van der Waals surface area contributed by atoms with Crippen LogP contribution in [0.4, 0.5) is 0 Å². The average molecular weight is 284 g/mol. The lowest BCUT2D eigenvalue weighted by Gasteiger charge is -2.05. The fourth-order valence-electron chi connectivity index (χ4n) is 1.16. The van der Waals surface area contributed by atoms with Gasteiger partial charge >= 0.3 is 0 Å². The van der Waals surface area contributed by atoms with Crippen molar-refractivity contribution in [1.82, 2.24) is 4.98 Å². The number of ether oxygens (including phenoxy) is 1. The molecule has 0 spiro atoms. The molecular weight excluding hydrogens is 274 g/mol. The minimum atomic E-state index is 0.576. The van der Waals surface area contributed by atoms with Crippen molar-refractivity contribution in [3.8, 4) is 5.88 Å². The van der Waals surface area contributed by atoms with Gasteiger partial charge in [0.05, 0.1) is 4.47 Å². The molecule has 0 aliphatic carbocycles. The van der Waals surface area contributed by atoms with Gasteiger partial charge in [-0.05, 0) is 45.9 Å². The van der Waals surface area contributed by atoms with Gasteiger partial charge in [0.15, 0.2) is 0 Å². The third kappa shape index (κ3) is 2.79. The predicted octanol–water partition coefficient (Wildman–Crippen LogP) is 3.79. The molecule has 0 saturated heterocycles. The topological polar surface area (TPSA) is 22.1 Å². The number of rotatable bonds is 3. The highest BCUT2D eigenvalue weighted by molar-refractivity contribution is 9.10. The van der Waals surface area contributed by atoms with E-state index in [-0.39, 0.29) is 0 Å². The molecule has 15 heavy (non-hydrogen) atoms. The van der Waals surface area contributed by atoms with Crippen molar-refractivity contribution >= 4 is 27.3 Å². The molecule has 0 amide bonds. The summed E-state index contributed by atoms with van der Waals surface area (Å²) in [5.74, 6) is 0.647. The lowest BCUT2D eigenvalue weighted by molar-refractivity contribution is 0.295. The number of aromatic nitrogens is 1. The summed E-state index contributed by atoms with van der Waals surface area (Å²) in [4.78, 5) is 5.41. The first kappa shape index (κ1) is 10.6. The largest absolute Gasteiger partial charge is 0.471 e. The quantitative estimate of drug-likeness (QED) is 0.855. The van der Waals surface area contributed by atoms with Crippen molar-refractivity contribution in [3.05, 3.63) is 44.7 Å². The van der Waals surface area contributed by atoms with Crippen LogP contribution < -0.4 is 4.74 Å². The highest BCUT2D eigenvalue weighted by Gasteiger charge is 2.03. The normalized spacial score (nSPS) is 10.3. The molecular formula is C11H10BrNOS. The van der Waals surface area contributed by atoms with Crippen LogP contribution in [0.25, 0.3) is 0 Å². The molecule has 0 N–H and O–H groups in total. The molecule has 0 radical (unpaired) electrons. The maximum absolute atomic E-state index is 5.59. The van der Waals surface area contributed by atoms with Crippen LogP contribution in [0, 0.1) is 6.92 Å². The summed E-state index contributed by atoms with van der Waals surface area (Å²) < 4.78 is 6.49. The molecule has 0 aromatic carbocycles. The fraction of sp³-hybridized carbons (Fsp3) is 0.182. The van der Waals surface area contributed by atoms with Crippen LogP contribution in [0.3, 0.4) is 0 Å². The van der Waals surface area contributed by atoms with Gasteiger partial charge < -0.3 is 4.74 Å². The maximum atomic E-state index is 5.59. The average Bonchev–Trinajstić information content (AvgIpc) is 2.69. The van der Waals surface area contributed by atoms with Crippen LogP contribution in [-0.4, -0.2) is 4.98 Å². The van der Waals surface area contributed by atoms with Gasteiger partial charge in [-0.1, -0.05) is 6.07 Å². The molecule has 0 saturated carbocycles. The van der Waals surface area contributed by atoms with E-state index >= 15 is 0 Å². The van der Waals surface area contributed by atoms with Crippen LogP contribution >= 0.6 is 27.3 Å². The Bertz CT molecular complexity index is 442. The van der Waals surface area contributed by atoms with E-state index in [0.717, 1.165) is 10.0 Å². The molecule has 2 rings (SSSR count). The van der Waals surface area contributed by atoms with Crippen LogP contribution in [0.5, 0.6) is 5.88 Å². The third-order valence-corrected chi connectivity index (χ3v) is 3.29. The zero-order chi connectivity index (χ0) is 10.7. The lowest BCUT2D eigenvalue weighted by atomic mass is 10.3. The Morgan fingerprint density at radius 3 is 3.07 bits per heavy atom. The smallest absolute Gasteiger partial charge is 0.228 e. The minimum absolute atomic E-state index is 0.576. The molecule has 78 valence electrons. The summed E-state index contributed by atoms with van der Waals surface area (Å²) in [5.41, 5.74) is 1.12. The van der Waals surface area contributed by atoms with Crippen molar-refractivity contribution in [3.63, 3.8) is 0 Å². The highest BCUT2D eigenvalue weighted by atomic mass is 79.9. The van der Waals surface area contributed by atoms with E-state index in [1.54, 1.807) is 17.5 Å². The number of pyridine rings is 1. The van der Waals surface area contributed by atoms with E-state index in [1.165, 1.54) is 4.88 Å². The van der Waals surface area contributed by atoms with Crippen molar-refractivity contribution in [2.24, 2.45) is 0 Å². The first-order chi connectivity index (χ1) is 7.25. The van der Waals surface area contributed by atoms with Gasteiger partial charge in [0, 0.05) is 11.1 Å². The van der Waals surface area contributed by atoms with Gasteiger partial charge in [0.2, 0.25) is 5.88 Å². The van der Waals surface area contributed by atoms with E-state index < -0.39 is 0 Å². The van der Waals surface area contributed by atoms with Crippen molar-refractivity contribution < 1.29 is 4.74 Å².